The summed E-state index contributed by atoms with van der Waals surface area (Å²) < 4.78 is 10.8. The van der Waals surface area contributed by atoms with Crippen LogP contribution in [-0.4, -0.2) is 53.7 Å². The molecule has 1 saturated carbocycles. The molecule has 2 heterocycles. The summed E-state index contributed by atoms with van der Waals surface area (Å²) in [4.78, 5) is 29.0. The predicted molar refractivity (Wildman–Crippen MR) is 86.7 cm³/mol. The number of carbonyl (C=O) groups excluding carboxylic acids is 2. The molecule has 2 aliphatic rings. The summed E-state index contributed by atoms with van der Waals surface area (Å²) in [6.45, 7) is 2.86. The van der Waals surface area contributed by atoms with Crippen molar-refractivity contribution >= 4 is 12.0 Å². The molecule has 1 aromatic rings. The largest absolute Gasteiger partial charge is 0.489 e. The van der Waals surface area contributed by atoms with Gasteiger partial charge in [-0.2, -0.15) is 0 Å². The minimum atomic E-state index is -0.408. The van der Waals surface area contributed by atoms with Crippen LogP contribution in [0.4, 0.5) is 4.79 Å². The third-order valence-corrected chi connectivity index (χ3v) is 4.47. The first kappa shape index (κ1) is 16.5. The van der Waals surface area contributed by atoms with E-state index in [1.165, 1.54) is 4.90 Å². The summed E-state index contributed by atoms with van der Waals surface area (Å²) in [6, 6.07) is 3.95. The molecule has 1 aliphatic carbocycles. The summed E-state index contributed by atoms with van der Waals surface area (Å²) in [5.74, 6) is 0.707. The van der Waals surface area contributed by atoms with Crippen LogP contribution in [0.2, 0.25) is 0 Å². The third-order valence-electron chi connectivity index (χ3n) is 4.47. The molecule has 1 N–H and O–H groups in total. The van der Waals surface area contributed by atoms with Crippen LogP contribution in [0.3, 0.4) is 0 Å². The number of aryl methyl sites for hydroxylation is 1. The lowest BCUT2D eigenvalue weighted by atomic mass is 9.93. The standard InChI is InChI=1S/C17H23N3O4/c1-12-15(3-2-8-18-12)24-14-6-4-13(5-7-14)19-16(21)11-20-9-10-23-17(20)22/h2-3,8,13-14H,4-7,9-11H2,1H3,(H,19,21). The van der Waals surface area contributed by atoms with Crippen LogP contribution in [0.15, 0.2) is 18.3 Å². The Labute approximate surface area is 141 Å². The number of hydrogen-bond acceptors (Lipinski definition) is 5. The van der Waals surface area contributed by atoms with Crippen LogP contribution in [-0.2, 0) is 9.53 Å². The van der Waals surface area contributed by atoms with Gasteiger partial charge in [-0.05, 0) is 44.7 Å². The maximum Gasteiger partial charge on any atom is 0.410 e. The first-order valence-electron chi connectivity index (χ1n) is 8.41. The highest BCUT2D eigenvalue weighted by Gasteiger charge is 2.27. The van der Waals surface area contributed by atoms with Gasteiger partial charge in [0.1, 0.15) is 18.9 Å². The van der Waals surface area contributed by atoms with Crippen molar-refractivity contribution < 1.29 is 19.1 Å². The van der Waals surface area contributed by atoms with Crippen molar-refractivity contribution in [3.05, 3.63) is 24.0 Å². The van der Waals surface area contributed by atoms with Crippen molar-refractivity contribution in [2.24, 2.45) is 0 Å². The Morgan fingerprint density at radius 2 is 2.21 bits per heavy atom. The predicted octanol–water partition coefficient (Wildman–Crippen LogP) is 1.65. The van der Waals surface area contributed by atoms with Gasteiger partial charge in [-0.25, -0.2) is 4.79 Å². The lowest BCUT2D eigenvalue weighted by Crippen LogP contribution is -2.44. The summed E-state index contributed by atoms with van der Waals surface area (Å²) in [6.07, 6.45) is 5.05. The molecule has 0 radical (unpaired) electrons. The zero-order valence-electron chi connectivity index (χ0n) is 13.9. The molecule has 7 nitrogen and oxygen atoms in total. The smallest absolute Gasteiger partial charge is 0.410 e. The van der Waals surface area contributed by atoms with E-state index in [1.807, 2.05) is 19.1 Å². The van der Waals surface area contributed by atoms with E-state index in [1.54, 1.807) is 6.20 Å². The van der Waals surface area contributed by atoms with Gasteiger partial charge in [0, 0.05) is 12.2 Å². The lowest BCUT2D eigenvalue weighted by Gasteiger charge is -2.30. The molecule has 1 aliphatic heterocycles. The highest BCUT2D eigenvalue weighted by Crippen LogP contribution is 2.25. The average molecular weight is 333 g/mol. The molecule has 24 heavy (non-hydrogen) atoms. The highest BCUT2D eigenvalue weighted by molar-refractivity contribution is 5.82. The Balaban J connectivity index is 1.41. The quantitative estimate of drug-likeness (QED) is 0.886. The van der Waals surface area contributed by atoms with E-state index in [0.29, 0.717) is 13.2 Å². The molecule has 2 fully saturated rings. The van der Waals surface area contributed by atoms with Crippen LogP contribution in [0.25, 0.3) is 0 Å². The van der Waals surface area contributed by atoms with Crippen molar-refractivity contribution in [2.75, 3.05) is 19.7 Å². The number of carbonyl (C=O) groups is 2. The maximum absolute atomic E-state index is 12.0. The number of ether oxygens (including phenoxy) is 2. The third kappa shape index (κ3) is 4.15. The first-order valence-corrected chi connectivity index (χ1v) is 8.41. The van der Waals surface area contributed by atoms with E-state index in [-0.39, 0.29) is 24.6 Å². The van der Waals surface area contributed by atoms with Crippen molar-refractivity contribution in [3.8, 4) is 5.75 Å². The molecule has 0 unspecified atom stereocenters. The highest BCUT2D eigenvalue weighted by atomic mass is 16.6. The number of hydrogen-bond donors (Lipinski definition) is 1. The Hall–Kier alpha value is -2.31. The number of aromatic nitrogens is 1. The van der Waals surface area contributed by atoms with Crippen LogP contribution in [0, 0.1) is 6.92 Å². The Morgan fingerprint density at radius 3 is 2.88 bits per heavy atom. The number of amides is 2. The molecule has 130 valence electrons. The Kier molecular flexibility index (Phi) is 5.17. The van der Waals surface area contributed by atoms with Gasteiger partial charge in [0.15, 0.2) is 0 Å². The van der Waals surface area contributed by atoms with E-state index in [0.717, 1.165) is 37.1 Å². The fraction of sp³-hybridized carbons (Fsp3) is 0.588. The van der Waals surface area contributed by atoms with Gasteiger partial charge in [0.05, 0.1) is 18.3 Å². The minimum absolute atomic E-state index is 0.0736. The molecule has 3 rings (SSSR count). The van der Waals surface area contributed by atoms with Crippen molar-refractivity contribution in [2.45, 2.75) is 44.8 Å². The Bertz CT molecular complexity index is 599. The van der Waals surface area contributed by atoms with E-state index in [4.69, 9.17) is 9.47 Å². The van der Waals surface area contributed by atoms with Crippen LogP contribution >= 0.6 is 0 Å². The molecule has 0 bridgehead atoms. The molecule has 0 spiro atoms. The molecular formula is C17H23N3O4. The average Bonchev–Trinajstić information content (AvgIpc) is 2.96. The maximum atomic E-state index is 12.0. The van der Waals surface area contributed by atoms with Gasteiger partial charge in [-0.1, -0.05) is 0 Å². The fourth-order valence-electron chi connectivity index (χ4n) is 3.11. The van der Waals surface area contributed by atoms with Gasteiger partial charge < -0.3 is 14.8 Å². The Morgan fingerprint density at radius 1 is 1.42 bits per heavy atom. The van der Waals surface area contributed by atoms with Crippen molar-refractivity contribution in [1.82, 2.24) is 15.2 Å². The van der Waals surface area contributed by atoms with Crippen LogP contribution in [0.1, 0.15) is 31.4 Å². The van der Waals surface area contributed by atoms with E-state index in [9.17, 15) is 9.59 Å². The first-order chi connectivity index (χ1) is 11.6. The lowest BCUT2D eigenvalue weighted by molar-refractivity contribution is -0.122. The zero-order valence-corrected chi connectivity index (χ0v) is 13.9. The molecule has 0 aromatic carbocycles. The second-order valence-corrected chi connectivity index (χ2v) is 6.28. The summed E-state index contributed by atoms with van der Waals surface area (Å²) in [7, 11) is 0. The van der Waals surface area contributed by atoms with Gasteiger partial charge in [-0.15, -0.1) is 0 Å². The topological polar surface area (TPSA) is 80.8 Å². The second kappa shape index (κ2) is 7.51. The molecule has 1 aromatic heterocycles. The number of cyclic esters (lactones) is 1. The molecule has 0 atom stereocenters. The van der Waals surface area contributed by atoms with Gasteiger partial charge in [0.25, 0.3) is 0 Å². The minimum Gasteiger partial charge on any atom is -0.489 e. The zero-order chi connectivity index (χ0) is 16.9. The molecule has 1 saturated heterocycles. The van der Waals surface area contributed by atoms with E-state index in [2.05, 4.69) is 10.3 Å². The number of pyridine rings is 1. The van der Waals surface area contributed by atoms with Gasteiger partial charge in [-0.3, -0.25) is 14.7 Å². The molecule has 2 amide bonds. The number of rotatable bonds is 5. The van der Waals surface area contributed by atoms with Crippen molar-refractivity contribution in [3.63, 3.8) is 0 Å². The van der Waals surface area contributed by atoms with Gasteiger partial charge in [0.2, 0.25) is 5.91 Å². The van der Waals surface area contributed by atoms with E-state index >= 15 is 0 Å². The number of nitrogens with one attached hydrogen (secondary N) is 1. The monoisotopic (exact) mass is 333 g/mol. The van der Waals surface area contributed by atoms with Crippen LogP contribution < -0.4 is 10.1 Å². The van der Waals surface area contributed by atoms with Gasteiger partial charge >= 0.3 is 6.09 Å². The normalized spacial score (nSPS) is 23.7. The fourth-order valence-corrected chi connectivity index (χ4v) is 3.11. The second-order valence-electron chi connectivity index (χ2n) is 6.28. The summed E-state index contributed by atoms with van der Waals surface area (Å²) in [5.41, 5.74) is 0.894. The molecule has 7 heteroatoms. The summed E-state index contributed by atoms with van der Waals surface area (Å²) in [5, 5.41) is 3.01. The van der Waals surface area contributed by atoms with E-state index < -0.39 is 6.09 Å². The number of nitrogens with zero attached hydrogens (tertiary/aromatic N) is 2. The van der Waals surface area contributed by atoms with Crippen LogP contribution in [0.5, 0.6) is 5.75 Å². The SMILES string of the molecule is Cc1ncccc1OC1CCC(NC(=O)CN2CCOC2=O)CC1. The summed E-state index contributed by atoms with van der Waals surface area (Å²) >= 11 is 0. The molecular weight excluding hydrogens is 310 g/mol. The van der Waals surface area contributed by atoms with Crippen molar-refractivity contribution in [1.29, 1.82) is 0 Å².